The highest BCUT2D eigenvalue weighted by Crippen LogP contribution is 2.34. The Balaban J connectivity index is 1.34. The third-order valence-electron chi connectivity index (χ3n) is 6.42. The second kappa shape index (κ2) is 11.2. The zero-order chi connectivity index (χ0) is 27.7. The Labute approximate surface area is 236 Å². The Morgan fingerprint density at radius 2 is 1.85 bits per heavy atom. The molecular formula is C28H29Cl2N5O4. The largest absolute Gasteiger partial charge is 0.419 e. The second-order valence-electron chi connectivity index (χ2n) is 10.5. The van der Waals surface area contributed by atoms with Gasteiger partial charge >= 0.3 is 0 Å². The van der Waals surface area contributed by atoms with Gasteiger partial charge in [0.15, 0.2) is 0 Å². The molecule has 2 aromatic carbocycles. The lowest BCUT2D eigenvalue weighted by Gasteiger charge is -2.41. The van der Waals surface area contributed by atoms with Crippen molar-refractivity contribution in [2.24, 2.45) is 0 Å². The van der Waals surface area contributed by atoms with Crippen LogP contribution in [0.2, 0.25) is 10.0 Å². The first-order valence-electron chi connectivity index (χ1n) is 12.6. The van der Waals surface area contributed by atoms with Gasteiger partial charge in [-0.3, -0.25) is 9.78 Å². The number of fused-ring (bicyclic) bond motifs is 1. The minimum atomic E-state index is -1.26. The lowest BCUT2D eigenvalue weighted by Crippen LogP contribution is -2.54. The van der Waals surface area contributed by atoms with E-state index in [0.717, 1.165) is 10.9 Å². The van der Waals surface area contributed by atoms with Crippen LogP contribution < -0.4 is 5.32 Å². The van der Waals surface area contributed by atoms with Gasteiger partial charge in [-0.15, -0.1) is 10.2 Å². The quantitative estimate of drug-likeness (QED) is 0.288. The number of halogens is 2. The minimum Gasteiger partial charge on any atom is -0.419 e. The van der Waals surface area contributed by atoms with Crippen LogP contribution in [0.5, 0.6) is 0 Å². The van der Waals surface area contributed by atoms with E-state index in [9.17, 15) is 9.90 Å². The number of rotatable bonds is 6. The monoisotopic (exact) mass is 569 g/mol. The fraction of sp³-hybridized carbons (Fsp3) is 0.357. The number of benzene rings is 2. The smallest absolute Gasteiger partial charge is 0.253 e. The number of aliphatic hydroxyl groups excluding tert-OH is 1. The fourth-order valence-electron chi connectivity index (χ4n) is 4.57. The molecule has 1 saturated heterocycles. The maximum absolute atomic E-state index is 13.1. The first-order chi connectivity index (χ1) is 18.6. The van der Waals surface area contributed by atoms with Crippen molar-refractivity contribution >= 4 is 40.0 Å². The summed E-state index contributed by atoms with van der Waals surface area (Å²) in [6, 6.07) is 13.6. The van der Waals surface area contributed by atoms with Crippen molar-refractivity contribution in [2.45, 2.75) is 57.7 Å². The Kier molecular flexibility index (Phi) is 7.89. The number of amides is 1. The van der Waals surface area contributed by atoms with E-state index in [0.29, 0.717) is 52.3 Å². The van der Waals surface area contributed by atoms with Crippen molar-refractivity contribution < 1.29 is 19.1 Å². The van der Waals surface area contributed by atoms with E-state index in [1.165, 1.54) is 6.20 Å². The lowest BCUT2D eigenvalue weighted by atomic mass is 9.98. The highest BCUT2D eigenvalue weighted by atomic mass is 35.5. The number of ether oxygens (including phenoxy) is 1. The van der Waals surface area contributed by atoms with Gasteiger partial charge in [0.25, 0.3) is 5.91 Å². The first-order valence-corrected chi connectivity index (χ1v) is 13.4. The number of nitrogens with one attached hydrogen (secondary N) is 1. The number of likely N-dealkylation sites (tertiary alicyclic amines) is 1. The number of carbonyl (C=O) groups is 1. The molecule has 0 saturated carbocycles. The van der Waals surface area contributed by atoms with Crippen LogP contribution in [0.4, 0.5) is 0 Å². The van der Waals surface area contributed by atoms with E-state index < -0.39 is 18.1 Å². The normalized spacial score (nSPS) is 19.2. The lowest BCUT2D eigenvalue weighted by molar-refractivity contribution is -0.256. The van der Waals surface area contributed by atoms with Crippen LogP contribution in [0.15, 0.2) is 59.1 Å². The molecule has 1 fully saturated rings. The molecule has 2 aromatic heterocycles. The summed E-state index contributed by atoms with van der Waals surface area (Å²) in [6.45, 7) is 5.89. The van der Waals surface area contributed by atoms with E-state index in [1.54, 1.807) is 47.4 Å². The third-order valence-corrected chi connectivity index (χ3v) is 6.91. The maximum atomic E-state index is 13.1. The molecule has 0 radical (unpaired) electrons. The van der Waals surface area contributed by atoms with E-state index in [4.69, 9.17) is 32.4 Å². The van der Waals surface area contributed by atoms with Gasteiger partial charge in [0, 0.05) is 39.8 Å². The summed E-state index contributed by atoms with van der Waals surface area (Å²) in [5.41, 5.74) is 1.28. The third kappa shape index (κ3) is 6.57. The molecule has 11 heteroatoms. The zero-order valence-electron chi connectivity index (χ0n) is 21.8. The van der Waals surface area contributed by atoms with Gasteiger partial charge in [0.05, 0.1) is 22.7 Å². The van der Waals surface area contributed by atoms with E-state index >= 15 is 0 Å². The molecule has 4 aromatic rings. The number of piperidine rings is 1. The van der Waals surface area contributed by atoms with Crippen molar-refractivity contribution in [3.63, 3.8) is 0 Å². The molecule has 1 amide bonds. The molecule has 1 aliphatic heterocycles. The summed E-state index contributed by atoms with van der Waals surface area (Å²) >= 11 is 12.0. The van der Waals surface area contributed by atoms with Crippen LogP contribution >= 0.6 is 23.2 Å². The van der Waals surface area contributed by atoms with Gasteiger partial charge in [-0.25, -0.2) is 4.90 Å². The van der Waals surface area contributed by atoms with Gasteiger partial charge in [0.2, 0.25) is 18.2 Å². The predicted octanol–water partition coefficient (Wildman–Crippen LogP) is 5.62. The Bertz CT molecular complexity index is 1470. The zero-order valence-corrected chi connectivity index (χ0v) is 23.3. The number of pyridine rings is 1. The SMILES string of the molecule is CC(C)(C)OC(O)N1C[C@@H](NC(=O)c2cnc3cc(Cl)ccc3c2)CC[C@@H]1c1nnc(-c2ccc(Cl)cc2)o1. The predicted molar refractivity (Wildman–Crippen MR) is 148 cm³/mol. The molecule has 1 aliphatic rings. The van der Waals surface area contributed by atoms with Crippen molar-refractivity contribution in [1.29, 1.82) is 0 Å². The summed E-state index contributed by atoms with van der Waals surface area (Å²) in [5.74, 6) is 0.462. The number of carbonyl (C=O) groups excluding carboxylic acids is 1. The summed E-state index contributed by atoms with van der Waals surface area (Å²) in [7, 11) is 0. The number of aromatic nitrogens is 3. The van der Waals surface area contributed by atoms with Crippen molar-refractivity contribution in [3.05, 3.63) is 76.2 Å². The summed E-state index contributed by atoms with van der Waals surface area (Å²) < 4.78 is 11.9. The molecule has 39 heavy (non-hydrogen) atoms. The summed E-state index contributed by atoms with van der Waals surface area (Å²) in [6.07, 6.45) is 1.45. The Morgan fingerprint density at radius 1 is 1.10 bits per heavy atom. The topological polar surface area (TPSA) is 114 Å². The molecule has 1 unspecified atom stereocenters. The van der Waals surface area contributed by atoms with Crippen molar-refractivity contribution in [3.8, 4) is 11.5 Å². The van der Waals surface area contributed by atoms with E-state index in [-0.39, 0.29) is 11.9 Å². The second-order valence-corrected chi connectivity index (χ2v) is 11.4. The molecule has 9 nitrogen and oxygen atoms in total. The van der Waals surface area contributed by atoms with Gasteiger partial charge in [0.1, 0.15) is 0 Å². The minimum absolute atomic E-state index is 0.253. The molecule has 0 aliphatic carbocycles. The van der Waals surface area contributed by atoms with Gasteiger partial charge in [-0.1, -0.05) is 29.3 Å². The van der Waals surface area contributed by atoms with Crippen LogP contribution in [0, 0.1) is 0 Å². The molecule has 5 rings (SSSR count). The molecule has 0 bridgehead atoms. The van der Waals surface area contributed by atoms with Gasteiger partial charge in [-0.05, 0) is 76.1 Å². The maximum Gasteiger partial charge on any atom is 0.253 e. The number of nitrogens with zero attached hydrogens (tertiary/aromatic N) is 4. The van der Waals surface area contributed by atoms with Crippen molar-refractivity contribution in [2.75, 3.05) is 6.54 Å². The van der Waals surface area contributed by atoms with Crippen LogP contribution in [0.1, 0.15) is 55.9 Å². The van der Waals surface area contributed by atoms with Gasteiger partial charge in [-0.2, -0.15) is 0 Å². The molecule has 3 heterocycles. The average Bonchev–Trinajstić information content (AvgIpc) is 3.38. The van der Waals surface area contributed by atoms with Crippen LogP contribution in [0.25, 0.3) is 22.4 Å². The molecular weight excluding hydrogens is 541 g/mol. The number of hydrogen-bond acceptors (Lipinski definition) is 8. The number of hydrogen-bond donors (Lipinski definition) is 2. The summed E-state index contributed by atoms with van der Waals surface area (Å²) in [5, 5.41) is 24.6. The van der Waals surface area contributed by atoms with Crippen LogP contribution in [-0.4, -0.2) is 55.7 Å². The van der Waals surface area contributed by atoms with E-state index in [2.05, 4.69) is 20.5 Å². The molecule has 204 valence electrons. The van der Waals surface area contributed by atoms with E-state index in [1.807, 2.05) is 26.8 Å². The standard InChI is InChI=1S/C28H29Cl2N5O4/c1-28(2,3)39-27(37)35-15-21(32-24(36)18-12-17-6-9-20(30)13-22(17)31-14-18)10-11-23(35)26-34-33-25(38-26)16-4-7-19(29)8-5-16/h4-9,12-14,21,23,27,37H,10-11,15H2,1-3H3,(H,32,36)/t21-,23+,27?/m0/s1. The molecule has 3 atom stereocenters. The molecule has 0 spiro atoms. The Morgan fingerprint density at radius 3 is 2.59 bits per heavy atom. The fourth-order valence-corrected chi connectivity index (χ4v) is 4.87. The number of aliphatic hydroxyl groups is 1. The summed E-state index contributed by atoms with van der Waals surface area (Å²) in [4.78, 5) is 19.2. The first kappa shape index (κ1) is 27.5. The average molecular weight is 570 g/mol. The van der Waals surface area contributed by atoms with Crippen LogP contribution in [0.3, 0.4) is 0 Å². The van der Waals surface area contributed by atoms with Crippen molar-refractivity contribution in [1.82, 2.24) is 25.4 Å². The highest BCUT2D eigenvalue weighted by molar-refractivity contribution is 6.31. The van der Waals surface area contributed by atoms with Gasteiger partial charge < -0.3 is 19.6 Å². The van der Waals surface area contributed by atoms with Crippen LogP contribution in [-0.2, 0) is 4.74 Å². The molecule has 2 N–H and O–H groups in total. The highest BCUT2D eigenvalue weighted by Gasteiger charge is 2.39. The Hall–Kier alpha value is -3.08.